The van der Waals surface area contributed by atoms with Gasteiger partial charge >= 0.3 is 0 Å². The van der Waals surface area contributed by atoms with E-state index in [0.717, 1.165) is 55.6 Å². The summed E-state index contributed by atoms with van der Waals surface area (Å²) in [6.45, 7) is 5.32. The molecule has 2 aliphatic carbocycles. The summed E-state index contributed by atoms with van der Waals surface area (Å²) in [5.41, 5.74) is 18.6. The molecule has 64 heavy (non-hydrogen) atoms. The molecule has 14 rings (SSSR count). The molecule has 0 radical (unpaired) electrons. The lowest BCUT2D eigenvalue weighted by molar-refractivity contribution is 0.670. The van der Waals surface area contributed by atoms with Crippen LogP contribution in [-0.2, 0) is 5.41 Å². The maximum atomic E-state index is 6.51. The highest BCUT2D eigenvalue weighted by Crippen LogP contribution is 2.63. The predicted octanol–water partition coefficient (Wildman–Crippen LogP) is 16.3. The Morgan fingerprint density at radius 1 is 0.422 bits per heavy atom. The van der Waals surface area contributed by atoms with E-state index in [1.807, 2.05) is 12.1 Å². The Kier molecular flexibility index (Phi) is 7.28. The van der Waals surface area contributed by atoms with Gasteiger partial charge in [-0.3, -0.25) is 0 Å². The topological polar surface area (TPSA) is 16.4 Å². The van der Waals surface area contributed by atoms with Gasteiger partial charge in [0.2, 0.25) is 0 Å². The summed E-state index contributed by atoms with van der Waals surface area (Å²) in [5.74, 6) is 0. The number of hydrogen-bond donors (Lipinski definition) is 0. The minimum absolute atomic E-state index is 0.407. The second-order valence-electron chi connectivity index (χ2n) is 17.5. The molecule has 0 fully saturated rings. The summed E-state index contributed by atoms with van der Waals surface area (Å²) < 4.78 is 6.51. The fraction of sp³-hybridized carbons (Fsp3) is 0.0323. The zero-order valence-electron chi connectivity index (χ0n) is 35.0. The molecule has 3 aliphatic rings. The van der Waals surface area contributed by atoms with Crippen molar-refractivity contribution in [3.8, 4) is 33.4 Å². The van der Waals surface area contributed by atoms with Gasteiger partial charge in [-0.05, 0) is 130 Å². The molecule has 0 unspecified atom stereocenters. The predicted molar refractivity (Wildman–Crippen MR) is 269 cm³/mol. The van der Waals surface area contributed by atoms with Crippen LogP contribution in [0.5, 0.6) is 0 Å². The van der Waals surface area contributed by atoms with E-state index in [1.54, 1.807) is 0 Å². The van der Waals surface area contributed by atoms with Gasteiger partial charge in [0.1, 0.15) is 11.2 Å². The van der Waals surface area contributed by atoms with Crippen LogP contribution >= 0.6 is 0 Å². The van der Waals surface area contributed by atoms with Crippen molar-refractivity contribution in [1.29, 1.82) is 0 Å². The van der Waals surface area contributed by atoms with Crippen LogP contribution in [0.3, 0.4) is 0 Å². The molecular formula is C62H39NO. The molecule has 11 aromatic rings. The second kappa shape index (κ2) is 13.2. The molecule has 0 N–H and O–H groups in total. The van der Waals surface area contributed by atoms with E-state index in [9.17, 15) is 0 Å². The molecule has 2 heterocycles. The van der Waals surface area contributed by atoms with Crippen LogP contribution in [-0.4, -0.2) is 6.54 Å². The van der Waals surface area contributed by atoms with Crippen molar-refractivity contribution in [2.24, 2.45) is 0 Å². The fourth-order valence-electron chi connectivity index (χ4n) is 11.7. The van der Waals surface area contributed by atoms with Gasteiger partial charge in [0.15, 0.2) is 0 Å². The maximum absolute atomic E-state index is 6.51. The third-order valence-electron chi connectivity index (χ3n) is 14.4. The standard InChI is InChI=1S/C62H39NO/c1-38-16-3-2-14-33-63(59-32-29-39(34-50(38)59)41-23-15-24-49-48-22-9-13-28-60(48)64-61(41)49)40-30-31-44-51(35-40)42-17-4-5-18-43(42)52-36-54-47-21-8-12-27-57(47)62(58(54)37-53(44)52)55-25-10-6-19-45(55)46-20-7-11-26-56(46)62/h2-32,34-37H,1,33H2/b14-2-,16-3-. The largest absolute Gasteiger partial charge is 0.455 e. The van der Waals surface area contributed by atoms with Gasteiger partial charge in [0.25, 0.3) is 0 Å². The number of furan rings is 1. The van der Waals surface area contributed by atoms with Gasteiger partial charge in [0, 0.05) is 39.8 Å². The van der Waals surface area contributed by atoms with Crippen molar-refractivity contribution in [2.45, 2.75) is 5.41 Å². The first-order valence-electron chi connectivity index (χ1n) is 22.2. The van der Waals surface area contributed by atoms with E-state index in [0.29, 0.717) is 6.54 Å². The Hall–Kier alpha value is -8.20. The summed E-state index contributed by atoms with van der Waals surface area (Å²) in [7, 11) is 0. The lowest BCUT2D eigenvalue weighted by atomic mass is 9.70. The summed E-state index contributed by atoms with van der Waals surface area (Å²) in [6.07, 6.45) is 8.60. The Morgan fingerprint density at radius 2 is 1.02 bits per heavy atom. The summed E-state index contributed by atoms with van der Waals surface area (Å²) in [6, 6.07) is 69.9. The normalized spacial score (nSPS) is 15.5. The molecule has 0 amide bonds. The molecule has 1 spiro atoms. The van der Waals surface area contributed by atoms with Gasteiger partial charge in [-0.1, -0.05) is 176 Å². The van der Waals surface area contributed by atoms with Gasteiger partial charge < -0.3 is 9.32 Å². The quantitative estimate of drug-likeness (QED) is 0.162. The lowest BCUT2D eigenvalue weighted by Gasteiger charge is -2.30. The minimum Gasteiger partial charge on any atom is -0.455 e. The van der Waals surface area contributed by atoms with E-state index in [1.165, 1.54) is 76.8 Å². The minimum atomic E-state index is -0.407. The molecule has 1 aromatic heterocycles. The molecule has 10 aromatic carbocycles. The molecule has 2 nitrogen and oxygen atoms in total. The van der Waals surface area contributed by atoms with Crippen molar-refractivity contribution in [1.82, 2.24) is 0 Å². The molecule has 0 atom stereocenters. The third-order valence-corrected chi connectivity index (χ3v) is 14.4. The zero-order chi connectivity index (χ0) is 42.1. The Morgan fingerprint density at radius 3 is 1.77 bits per heavy atom. The molecule has 1 aliphatic heterocycles. The SMILES string of the molecule is C=C1/C=C\C=C/CN(c2ccc3c(c2)c2ccccc2c2cc4c(cc32)C2(c3ccccc3-c3ccccc32)c2ccccc2-4)c2ccc(-c3cccc4c3oc3ccccc34)cc21. The van der Waals surface area contributed by atoms with Crippen LogP contribution < -0.4 is 4.90 Å². The smallest absolute Gasteiger partial charge is 0.143 e. The highest BCUT2D eigenvalue weighted by atomic mass is 16.3. The molecule has 0 saturated heterocycles. The van der Waals surface area contributed by atoms with Crippen molar-refractivity contribution in [3.63, 3.8) is 0 Å². The first-order chi connectivity index (χ1) is 31.7. The van der Waals surface area contributed by atoms with E-state index >= 15 is 0 Å². The lowest BCUT2D eigenvalue weighted by Crippen LogP contribution is -2.25. The third kappa shape index (κ3) is 4.69. The number of fused-ring (bicyclic) bond motifs is 20. The van der Waals surface area contributed by atoms with E-state index < -0.39 is 5.41 Å². The number of allylic oxidation sites excluding steroid dienone is 4. The molecule has 0 bridgehead atoms. The van der Waals surface area contributed by atoms with Gasteiger partial charge in [-0.2, -0.15) is 0 Å². The fourth-order valence-corrected chi connectivity index (χ4v) is 11.7. The summed E-state index contributed by atoms with van der Waals surface area (Å²) >= 11 is 0. The van der Waals surface area contributed by atoms with E-state index in [-0.39, 0.29) is 0 Å². The zero-order valence-corrected chi connectivity index (χ0v) is 35.0. The van der Waals surface area contributed by atoms with Crippen molar-refractivity contribution < 1.29 is 4.42 Å². The number of anilines is 2. The number of nitrogens with zero attached hydrogens (tertiary/aromatic N) is 1. The number of rotatable bonds is 2. The van der Waals surface area contributed by atoms with Gasteiger partial charge in [-0.15, -0.1) is 0 Å². The Bertz CT molecular complexity index is 3870. The highest BCUT2D eigenvalue weighted by Gasteiger charge is 2.51. The molecule has 0 saturated carbocycles. The molecular weight excluding hydrogens is 775 g/mol. The molecule has 298 valence electrons. The highest BCUT2D eigenvalue weighted by molar-refractivity contribution is 6.27. The van der Waals surface area contributed by atoms with Crippen LogP contribution in [0.25, 0.3) is 93.2 Å². The first-order valence-corrected chi connectivity index (χ1v) is 22.2. The van der Waals surface area contributed by atoms with Gasteiger partial charge in [-0.25, -0.2) is 0 Å². The van der Waals surface area contributed by atoms with Gasteiger partial charge in [0.05, 0.1) is 5.41 Å². The van der Waals surface area contributed by atoms with Crippen LogP contribution in [0.1, 0.15) is 27.8 Å². The average molecular weight is 814 g/mol. The Balaban J connectivity index is 0.984. The van der Waals surface area contributed by atoms with Crippen LogP contribution in [0.4, 0.5) is 11.4 Å². The van der Waals surface area contributed by atoms with Crippen molar-refractivity contribution in [2.75, 3.05) is 11.4 Å². The monoisotopic (exact) mass is 813 g/mol. The first kappa shape index (κ1) is 35.4. The van der Waals surface area contributed by atoms with E-state index in [4.69, 9.17) is 4.42 Å². The van der Waals surface area contributed by atoms with Crippen LogP contribution in [0, 0.1) is 0 Å². The number of benzene rings is 10. The molecule has 2 heteroatoms. The Labute approximate surface area is 371 Å². The van der Waals surface area contributed by atoms with Crippen molar-refractivity contribution in [3.05, 3.63) is 247 Å². The van der Waals surface area contributed by atoms with Crippen LogP contribution in [0.2, 0.25) is 0 Å². The second-order valence-corrected chi connectivity index (χ2v) is 17.5. The number of para-hydroxylation sites is 2. The summed E-state index contributed by atoms with van der Waals surface area (Å²) in [4.78, 5) is 2.44. The van der Waals surface area contributed by atoms with Crippen molar-refractivity contribution >= 4 is 71.2 Å². The van der Waals surface area contributed by atoms with Crippen LogP contribution in [0.15, 0.2) is 223 Å². The summed E-state index contributed by atoms with van der Waals surface area (Å²) in [5, 5.41) is 9.84. The maximum Gasteiger partial charge on any atom is 0.143 e. The number of hydrogen-bond acceptors (Lipinski definition) is 2. The average Bonchev–Trinajstić information content (AvgIpc) is 4.00. The van der Waals surface area contributed by atoms with E-state index in [2.05, 4.69) is 212 Å².